The van der Waals surface area contributed by atoms with E-state index in [-0.39, 0.29) is 0 Å². The average molecular weight is 212 g/mol. The van der Waals surface area contributed by atoms with Gasteiger partial charge in [-0.1, -0.05) is 12.1 Å². The van der Waals surface area contributed by atoms with E-state index >= 15 is 0 Å². The van der Waals surface area contributed by atoms with Crippen molar-refractivity contribution in [2.75, 3.05) is 19.8 Å². The van der Waals surface area contributed by atoms with Crippen molar-refractivity contribution in [1.29, 1.82) is 0 Å². The minimum atomic E-state index is 0.326. The standard InChI is InChI=1S/C10H20N4O/c1-4-11-10(8-15-5-2)6-9-7-14(3)13-12-9/h7,10-11H,4-6,8H2,1-3H3. The number of aromatic nitrogens is 3. The SMILES string of the molecule is CCNC(COCC)Cc1cn(C)nn1. The van der Waals surface area contributed by atoms with Gasteiger partial charge in [-0.2, -0.15) is 0 Å². The van der Waals surface area contributed by atoms with Gasteiger partial charge in [-0.05, 0) is 13.5 Å². The Bertz CT molecular complexity index is 274. The summed E-state index contributed by atoms with van der Waals surface area (Å²) in [6.45, 7) is 6.52. The summed E-state index contributed by atoms with van der Waals surface area (Å²) in [5, 5.41) is 11.3. The third-order valence-corrected chi connectivity index (χ3v) is 2.12. The fraction of sp³-hybridized carbons (Fsp3) is 0.800. The number of ether oxygens (including phenoxy) is 1. The van der Waals surface area contributed by atoms with Gasteiger partial charge in [0.15, 0.2) is 0 Å². The van der Waals surface area contributed by atoms with Gasteiger partial charge in [-0.3, -0.25) is 4.68 Å². The van der Waals surface area contributed by atoms with Crippen LogP contribution in [0.25, 0.3) is 0 Å². The van der Waals surface area contributed by atoms with Gasteiger partial charge in [0, 0.05) is 32.3 Å². The van der Waals surface area contributed by atoms with Crippen molar-refractivity contribution in [3.05, 3.63) is 11.9 Å². The Morgan fingerprint density at radius 2 is 2.33 bits per heavy atom. The lowest BCUT2D eigenvalue weighted by atomic mass is 10.2. The lowest BCUT2D eigenvalue weighted by Gasteiger charge is -2.15. The second kappa shape index (κ2) is 6.53. The zero-order valence-corrected chi connectivity index (χ0v) is 9.73. The molecule has 0 bridgehead atoms. The van der Waals surface area contributed by atoms with E-state index in [0.717, 1.165) is 31.9 Å². The van der Waals surface area contributed by atoms with Crippen LogP contribution < -0.4 is 5.32 Å². The Morgan fingerprint density at radius 3 is 2.87 bits per heavy atom. The van der Waals surface area contributed by atoms with Crippen LogP contribution in [0.5, 0.6) is 0 Å². The maximum Gasteiger partial charge on any atom is 0.0843 e. The van der Waals surface area contributed by atoms with Gasteiger partial charge in [-0.25, -0.2) is 0 Å². The molecule has 5 heteroatoms. The molecule has 0 saturated carbocycles. The van der Waals surface area contributed by atoms with Crippen LogP contribution in [-0.4, -0.2) is 40.8 Å². The van der Waals surface area contributed by atoms with Crippen LogP contribution in [0, 0.1) is 0 Å². The number of nitrogens with zero attached hydrogens (tertiary/aromatic N) is 3. The molecule has 1 rings (SSSR count). The molecule has 1 aromatic rings. The average Bonchev–Trinajstić information content (AvgIpc) is 2.61. The number of aryl methyl sites for hydroxylation is 1. The number of hydrogen-bond donors (Lipinski definition) is 1. The molecule has 0 aromatic carbocycles. The molecule has 0 aliphatic carbocycles. The van der Waals surface area contributed by atoms with E-state index in [4.69, 9.17) is 4.74 Å². The Morgan fingerprint density at radius 1 is 1.53 bits per heavy atom. The molecule has 1 heterocycles. The van der Waals surface area contributed by atoms with E-state index in [1.54, 1.807) is 4.68 Å². The zero-order valence-electron chi connectivity index (χ0n) is 9.73. The molecule has 0 aliphatic rings. The van der Waals surface area contributed by atoms with E-state index in [1.165, 1.54) is 0 Å². The van der Waals surface area contributed by atoms with E-state index in [0.29, 0.717) is 6.04 Å². The molecule has 1 atom stereocenters. The minimum Gasteiger partial charge on any atom is -0.380 e. The zero-order chi connectivity index (χ0) is 11.1. The first kappa shape index (κ1) is 12.1. The highest BCUT2D eigenvalue weighted by atomic mass is 16.5. The molecule has 0 aliphatic heterocycles. The Hall–Kier alpha value is -0.940. The Balaban J connectivity index is 2.42. The molecule has 0 amide bonds. The van der Waals surface area contributed by atoms with Gasteiger partial charge in [0.05, 0.1) is 12.3 Å². The Labute approximate surface area is 90.8 Å². The third-order valence-electron chi connectivity index (χ3n) is 2.12. The van der Waals surface area contributed by atoms with E-state index in [9.17, 15) is 0 Å². The second-order valence-corrected chi connectivity index (χ2v) is 3.50. The molecular weight excluding hydrogens is 192 g/mol. The predicted octanol–water partition coefficient (Wildman–Crippen LogP) is 0.372. The normalized spacial score (nSPS) is 13.0. The van der Waals surface area contributed by atoms with Crippen LogP contribution in [0.2, 0.25) is 0 Å². The van der Waals surface area contributed by atoms with Crippen molar-refractivity contribution < 1.29 is 4.74 Å². The summed E-state index contributed by atoms with van der Waals surface area (Å²) in [4.78, 5) is 0. The third kappa shape index (κ3) is 4.40. The summed E-state index contributed by atoms with van der Waals surface area (Å²) < 4.78 is 7.13. The summed E-state index contributed by atoms with van der Waals surface area (Å²) in [5.41, 5.74) is 1.00. The van der Waals surface area contributed by atoms with Gasteiger partial charge in [0.1, 0.15) is 0 Å². The quantitative estimate of drug-likeness (QED) is 0.709. The molecule has 5 nitrogen and oxygen atoms in total. The lowest BCUT2D eigenvalue weighted by molar-refractivity contribution is 0.123. The molecule has 0 radical (unpaired) electrons. The summed E-state index contributed by atoms with van der Waals surface area (Å²) in [6, 6.07) is 0.326. The van der Waals surface area contributed by atoms with Gasteiger partial charge >= 0.3 is 0 Å². The van der Waals surface area contributed by atoms with E-state index in [2.05, 4.69) is 22.6 Å². The highest BCUT2D eigenvalue weighted by Gasteiger charge is 2.10. The van der Waals surface area contributed by atoms with Crippen molar-refractivity contribution in [1.82, 2.24) is 20.3 Å². The predicted molar refractivity (Wildman–Crippen MR) is 58.7 cm³/mol. The maximum absolute atomic E-state index is 5.41. The smallest absolute Gasteiger partial charge is 0.0843 e. The van der Waals surface area contributed by atoms with E-state index < -0.39 is 0 Å². The first-order chi connectivity index (χ1) is 7.26. The molecule has 0 saturated heterocycles. The Kier molecular flexibility index (Phi) is 5.28. The van der Waals surface area contributed by atoms with Crippen LogP contribution in [0.15, 0.2) is 6.20 Å². The molecule has 15 heavy (non-hydrogen) atoms. The number of rotatable bonds is 7. The number of likely N-dealkylation sites (N-methyl/N-ethyl adjacent to an activating group) is 1. The summed E-state index contributed by atoms with van der Waals surface area (Å²) >= 11 is 0. The van der Waals surface area contributed by atoms with Crippen LogP contribution in [0.4, 0.5) is 0 Å². The fourth-order valence-corrected chi connectivity index (χ4v) is 1.48. The maximum atomic E-state index is 5.41. The van der Waals surface area contributed by atoms with Crippen molar-refractivity contribution >= 4 is 0 Å². The molecule has 0 fully saturated rings. The van der Waals surface area contributed by atoms with Gasteiger partial charge in [0.2, 0.25) is 0 Å². The van der Waals surface area contributed by atoms with Crippen LogP contribution in [0.3, 0.4) is 0 Å². The number of nitrogens with one attached hydrogen (secondary N) is 1. The van der Waals surface area contributed by atoms with Crippen LogP contribution in [-0.2, 0) is 18.2 Å². The largest absolute Gasteiger partial charge is 0.380 e. The second-order valence-electron chi connectivity index (χ2n) is 3.50. The van der Waals surface area contributed by atoms with Crippen molar-refractivity contribution in [3.63, 3.8) is 0 Å². The van der Waals surface area contributed by atoms with Crippen molar-refractivity contribution in [3.8, 4) is 0 Å². The van der Waals surface area contributed by atoms with Crippen LogP contribution in [0.1, 0.15) is 19.5 Å². The van der Waals surface area contributed by atoms with Crippen molar-refractivity contribution in [2.45, 2.75) is 26.3 Å². The monoisotopic (exact) mass is 212 g/mol. The molecule has 1 N–H and O–H groups in total. The number of hydrogen-bond acceptors (Lipinski definition) is 4. The molecule has 86 valence electrons. The fourth-order valence-electron chi connectivity index (χ4n) is 1.48. The van der Waals surface area contributed by atoms with E-state index in [1.807, 2.05) is 20.2 Å². The van der Waals surface area contributed by atoms with Gasteiger partial charge in [-0.15, -0.1) is 5.10 Å². The molecule has 1 aromatic heterocycles. The minimum absolute atomic E-state index is 0.326. The first-order valence-corrected chi connectivity index (χ1v) is 5.42. The first-order valence-electron chi connectivity index (χ1n) is 5.42. The highest BCUT2D eigenvalue weighted by Crippen LogP contribution is 1.99. The summed E-state index contributed by atoms with van der Waals surface area (Å²) in [7, 11) is 1.88. The molecular formula is C10H20N4O. The highest BCUT2D eigenvalue weighted by molar-refractivity contribution is 4.95. The lowest BCUT2D eigenvalue weighted by Crippen LogP contribution is -2.35. The van der Waals surface area contributed by atoms with Crippen molar-refractivity contribution in [2.24, 2.45) is 7.05 Å². The van der Waals surface area contributed by atoms with Gasteiger partial charge in [0.25, 0.3) is 0 Å². The molecule has 0 spiro atoms. The summed E-state index contributed by atoms with van der Waals surface area (Å²) in [6.07, 6.45) is 2.80. The topological polar surface area (TPSA) is 52.0 Å². The van der Waals surface area contributed by atoms with Crippen LogP contribution >= 0.6 is 0 Å². The summed E-state index contributed by atoms with van der Waals surface area (Å²) in [5.74, 6) is 0. The molecule has 1 unspecified atom stereocenters. The van der Waals surface area contributed by atoms with Gasteiger partial charge < -0.3 is 10.1 Å².